The van der Waals surface area contributed by atoms with Gasteiger partial charge in [0.15, 0.2) is 0 Å². The average Bonchev–Trinajstić information content (AvgIpc) is 3.25. The molecule has 0 saturated carbocycles. The van der Waals surface area contributed by atoms with Gasteiger partial charge in [0.1, 0.15) is 24.5 Å². The first-order chi connectivity index (χ1) is 15.7. The van der Waals surface area contributed by atoms with Crippen molar-refractivity contribution in [1.29, 1.82) is 0 Å². The van der Waals surface area contributed by atoms with Gasteiger partial charge in [0, 0.05) is 18.9 Å². The van der Waals surface area contributed by atoms with E-state index in [1.807, 2.05) is 49.8 Å². The summed E-state index contributed by atoms with van der Waals surface area (Å²) >= 11 is 0. The molecule has 0 bridgehead atoms. The first-order valence-corrected chi connectivity index (χ1v) is 10.8. The van der Waals surface area contributed by atoms with Crippen molar-refractivity contribution in [3.63, 3.8) is 0 Å². The minimum Gasteiger partial charge on any atom is -0.490 e. The van der Waals surface area contributed by atoms with Crippen LogP contribution in [0.15, 0.2) is 61.1 Å². The zero-order valence-electron chi connectivity index (χ0n) is 18.4. The molecular formula is C25H27N3O4. The number of carbonyl (C=O) groups excluding carboxylic acids is 1. The Hall–Kier alpha value is -3.45. The van der Waals surface area contributed by atoms with Crippen LogP contribution in [-0.2, 0) is 20.7 Å². The second kappa shape index (κ2) is 10.2. The number of carbonyl (C=O) groups is 1. The molecule has 7 heteroatoms. The van der Waals surface area contributed by atoms with Crippen LogP contribution in [0.2, 0.25) is 0 Å². The summed E-state index contributed by atoms with van der Waals surface area (Å²) in [4.78, 5) is 20.0. The normalized spacial score (nSPS) is 12.2. The van der Waals surface area contributed by atoms with Crippen LogP contribution >= 0.6 is 0 Å². The van der Waals surface area contributed by atoms with Gasteiger partial charge in [-0.15, -0.1) is 0 Å². The Morgan fingerprint density at radius 2 is 1.84 bits per heavy atom. The lowest BCUT2D eigenvalue weighted by atomic mass is 10.1. The lowest BCUT2D eigenvalue weighted by Crippen LogP contribution is -2.18. The fraction of sp³-hybridized carbons (Fsp3) is 0.320. The molecule has 2 aromatic heterocycles. The Morgan fingerprint density at radius 3 is 2.62 bits per heavy atom. The molecule has 0 radical (unpaired) electrons. The highest BCUT2D eigenvalue weighted by molar-refractivity contribution is 6.02. The van der Waals surface area contributed by atoms with Gasteiger partial charge in [-0.25, -0.2) is 4.98 Å². The van der Waals surface area contributed by atoms with Crippen LogP contribution in [0.5, 0.6) is 5.75 Å². The standard InChI is InChI=1S/C25H27N3O4/c1-3-30-16-20(14-19-8-10-21(11-9-19)32-13-12-31-18(2)29)28-17-27-24-15-26-23-7-5-4-6-22(23)25(24)28/h4-11,15,17,20H,3,12-14,16H2,1-2H3/t20-/m0/s1. The van der Waals surface area contributed by atoms with Gasteiger partial charge < -0.3 is 18.8 Å². The topological polar surface area (TPSA) is 75.5 Å². The molecule has 0 spiro atoms. The van der Waals surface area contributed by atoms with Gasteiger partial charge in [-0.1, -0.05) is 30.3 Å². The highest BCUT2D eigenvalue weighted by Crippen LogP contribution is 2.27. The van der Waals surface area contributed by atoms with E-state index in [0.717, 1.165) is 34.1 Å². The van der Waals surface area contributed by atoms with Crippen molar-refractivity contribution in [2.24, 2.45) is 0 Å². The Labute approximate surface area is 186 Å². The van der Waals surface area contributed by atoms with Gasteiger partial charge in [-0.3, -0.25) is 9.78 Å². The molecule has 0 amide bonds. The summed E-state index contributed by atoms with van der Waals surface area (Å²) in [6.45, 7) is 5.19. The Balaban J connectivity index is 1.55. The molecular weight excluding hydrogens is 406 g/mol. The Morgan fingerprint density at radius 1 is 1.03 bits per heavy atom. The van der Waals surface area contributed by atoms with Gasteiger partial charge >= 0.3 is 5.97 Å². The second-order valence-electron chi connectivity index (χ2n) is 7.51. The number of aromatic nitrogens is 3. The summed E-state index contributed by atoms with van der Waals surface area (Å²) in [5.74, 6) is 0.437. The number of para-hydroxylation sites is 1. The number of nitrogens with zero attached hydrogens (tertiary/aromatic N) is 3. The van der Waals surface area contributed by atoms with E-state index in [-0.39, 0.29) is 18.6 Å². The van der Waals surface area contributed by atoms with Crippen LogP contribution < -0.4 is 4.74 Å². The largest absolute Gasteiger partial charge is 0.490 e. The van der Waals surface area contributed by atoms with E-state index in [0.29, 0.717) is 19.8 Å². The Bertz CT molecular complexity index is 1190. The SMILES string of the molecule is CCOC[C@H](Cc1ccc(OCCOC(C)=O)cc1)n1cnc2cnc3ccccc3c21. The predicted molar refractivity (Wildman–Crippen MR) is 123 cm³/mol. The maximum absolute atomic E-state index is 10.8. The van der Waals surface area contributed by atoms with Gasteiger partial charge in [0.2, 0.25) is 0 Å². The van der Waals surface area contributed by atoms with E-state index in [2.05, 4.69) is 32.7 Å². The van der Waals surface area contributed by atoms with Crippen LogP contribution in [0.1, 0.15) is 25.5 Å². The van der Waals surface area contributed by atoms with Crippen molar-refractivity contribution in [1.82, 2.24) is 14.5 Å². The molecule has 0 saturated heterocycles. The third-order valence-corrected chi connectivity index (χ3v) is 5.27. The van der Waals surface area contributed by atoms with E-state index in [1.54, 1.807) is 0 Å². The van der Waals surface area contributed by atoms with Crippen molar-refractivity contribution in [2.75, 3.05) is 26.4 Å². The minimum atomic E-state index is -0.306. The maximum atomic E-state index is 10.8. The molecule has 32 heavy (non-hydrogen) atoms. The number of rotatable bonds is 10. The van der Waals surface area contributed by atoms with Crippen LogP contribution in [0.3, 0.4) is 0 Å². The molecule has 4 rings (SSSR count). The summed E-state index contributed by atoms with van der Waals surface area (Å²) in [6, 6.07) is 16.2. The number of fused-ring (bicyclic) bond motifs is 3. The number of hydrogen-bond acceptors (Lipinski definition) is 6. The van der Waals surface area contributed by atoms with Gasteiger partial charge in [-0.05, 0) is 37.1 Å². The van der Waals surface area contributed by atoms with Crippen LogP contribution in [0.4, 0.5) is 0 Å². The molecule has 4 aromatic rings. The van der Waals surface area contributed by atoms with E-state index < -0.39 is 0 Å². The number of imidazole rings is 1. The van der Waals surface area contributed by atoms with Crippen molar-refractivity contribution in [3.05, 3.63) is 66.6 Å². The fourth-order valence-electron chi connectivity index (χ4n) is 3.77. The Kier molecular flexibility index (Phi) is 6.97. The molecule has 0 N–H and O–H groups in total. The zero-order valence-corrected chi connectivity index (χ0v) is 18.4. The van der Waals surface area contributed by atoms with Crippen molar-refractivity contribution in [3.8, 4) is 5.75 Å². The van der Waals surface area contributed by atoms with Crippen molar-refractivity contribution in [2.45, 2.75) is 26.3 Å². The molecule has 0 unspecified atom stereocenters. The maximum Gasteiger partial charge on any atom is 0.302 e. The van der Waals surface area contributed by atoms with Crippen molar-refractivity contribution < 1.29 is 19.0 Å². The highest BCUT2D eigenvalue weighted by Gasteiger charge is 2.17. The average molecular weight is 434 g/mol. The molecule has 0 aliphatic heterocycles. The van der Waals surface area contributed by atoms with Crippen LogP contribution in [-0.4, -0.2) is 46.9 Å². The summed E-state index contributed by atoms with van der Waals surface area (Å²) in [5, 5.41) is 1.08. The first kappa shape index (κ1) is 21.8. The lowest BCUT2D eigenvalue weighted by molar-refractivity contribution is -0.141. The zero-order chi connectivity index (χ0) is 22.3. The number of hydrogen-bond donors (Lipinski definition) is 0. The minimum absolute atomic E-state index is 0.0847. The predicted octanol–water partition coefficient (Wildman–Crippen LogP) is 4.35. The molecule has 0 aliphatic carbocycles. The number of benzene rings is 2. The number of pyridine rings is 1. The van der Waals surface area contributed by atoms with Gasteiger partial charge in [0.25, 0.3) is 0 Å². The first-order valence-electron chi connectivity index (χ1n) is 10.8. The molecule has 0 aliphatic rings. The van der Waals surface area contributed by atoms with Gasteiger partial charge in [0.05, 0.1) is 36.2 Å². The van der Waals surface area contributed by atoms with E-state index in [1.165, 1.54) is 12.5 Å². The van der Waals surface area contributed by atoms with Crippen molar-refractivity contribution >= 4 is 27.9 Å². The lowest BCUT2D eigenvalue weighted by Gasteiger charge is -2.20. The molecule has 2 aromatic carbocycles. The second-order valence-corrected chi connectivity index (χ2v) is 7.51. The van der Waals surface area contributed by atoms with Crippen LogP contribution in [0, 0.1) is 0 Å². The quantitative estimate of drug-likeness (QED) is 0.273. The molecule has 166 valence electrons. The monoisotopic (exact) mass is 433 g/mol. The summed E-state index contributed by atoms with van der Waals surface area (Å²) in [7, 11) is 0. The number of esters is 1. The third-order valence-electron chi connectivity index (χ3n) is 5.27. The third kappa shape index (κ3) is 5.06. The van der Waals surface area contributed by atoms with E-state index in [4.69, 9.17) is 14.2 Å². The number of ether oxygens (including phenoxy) is 3. The highest BCUT2D eigenvalue weighted by atomic mass is 16.6. The summed E-state index contributed by atoms with van der Waals surface area (Å²) < 4.78 is 18.6. The smallest absolute Gasteiger partial charge is 0.302 e. The van der Waals surface area contributed by atoms with E-state index in [9.17, 15) is 4.79 Å². The van der Waals surface area contributed by atoms with Gasteiger partial charge in [-0.2, -0.15) is 0 Å². The van der Waals surface area contributed by atoms with Crippen LogP contribution in [0.25, 0.3) is 21.9 Å². The van der Waals surface area contributed by atoms with E-state index >= 15 is 0 Å². The summed E-state index contributed by atoms with van der Waals surface area (Å²) in [6.07, 6.45) is 4.50. The fourth-order valence-corrected chi connectivity index (χ4v) is 3.77. The molecule has 2 heterocycles. The molecule has 0 fully saturated rings. The molecule has 7 nitrogen and oxygen atoms in total. The molecule has 1 atom stereocenters. The summed E-state index contributed by atoms with van der Waals surface area (Å²) in [5.41, 5.74) is 4.07.